The molecule has 0 fully saturated rings. The van der Waals surface area contributed by atoms with Crippen LogP contribution in [0.1, 0.15) is 0 Å². The number of hydrogen-bond acceptors (Lipinski definition) is 4. The predicted octanol–water partition coefficient (Wildman–Crippen LogP) is 1.74. The molecule has 1 rings (SSSR count). The van der Waals surface area contributed by atoms with Crippen molar-refractivity contribution >= 4 is 17.8 Å². The molecule has 0 amide bonds. The van der Waals surface area contributed by atoms with Gasteiger partial charge in [0.05, 0.1) is 19.2 Å². The Morgan fingerprint density at radius 2 is 2.36 bits per heavy atom. The molecule has 0 aliphatic heterocycles. The van der Waals surface area contributed by atoms with Crippen LogP contribution in [-0.4, -0.2) is 30.7 Å². The van der Waals surface area contributed by atoms with E-state index in [0.717, 1.165) is 0 Å². The highest BCUT2D eigenvalue weighted by Crippen LogP contribution is 2.33. The maximum atomic E-state index is 8.47. The lowest BCUT2D eigenvalue weighted by atomic mass is 9.97. The number of oxime groups is 1. The number of nitrogens with zero attached hydrogens (tertiary/aromatic N) is 1. The molecule has 0 heterocycles. The summed E-state index contributed by atoms with van der Waals surface area (Å²) < 4.78 is 10.1. The molecular weight excluding hydrogens is 206 g/mol. The number of hydrogen-bond donors (Lipinski definition) is 1. The second-order valence-electron chi connectivity index (χ2n) is 2.80. The summed E-state index contributed by atoms with van der Waals surface area (Å²) in [4.78, 5) is 0. The average Bonchev–Trinajstić information content (AvgIpc) is 2.22. The SMILES string of the molecule is COC1=C[C@H](/C=N/O)[C@](Cl)(OC)C=C1. The maximum absolute atomic E-state index is 8.47. The molecule has 78 valence electrons. The van der Waals surface area contributed by atoms with Gasteiger partial charge in [-0.2, -0.15) is 0 Å². The smallest absolute Gasteiger partial charge is 0.171 e. The van der Waals surface area contributed by atoms with Crippen LogP contribution in [0.4, 0.5) is 0 Å². The van der Waals surface area contributed by atoms with E-state index in [4.69, 9.17) is 26.3 Å². The number of rotatable bonds is 3. The second-order valence-corrected chi connectivity index (χ2v) is 3.39. The topological polar surface area (TPSA) is 51.0 Å². The molecule has 1 aliphatic carbocycles. The Hall–Kier alpha value is -1.00. The highest BCUT2D eigenvalue weighted by Gasteiger charge is 2.35. The molecule has 4 nitrogen and oxygen atoms in total. The van der Waals surface area contributed by atoms with Gasteiger partial charge in [0.15, 0.2) is 5.06 Å². The van der Waals surface area contributed by atoms with Crippen molar-refractivity contribution in [2.24, 2.45) is 11.1 Å². The standard InChI is InChI=1S/C9H12ClNO3/c1-13-8-3-4-9(10,14-2)7(5-8)6-11-12/h3-7,12H,1-2H3/b11-6+/t7-,9-/m1/s1. The molecule has 14 heavy (non-hydrogen) atoms. The van der Waals surface area contributed by atoms with Crippen molar-refractivity contribution in [1.82, 2.24) is 0 Å². The molecule has 2 atom stereocenters. The summed E-state index contributed by atoms with van der Waals surface area (Å²) in [6.45, 7) is 0. The number of methoxy groups -OCH3 is 2. The van der Waals surface area contributed by atoms with Crippen LogP contribution in [0.5, 0.6) is 0 Å². The summed E-state index contributed by atoms with van der Waals surface area (Å²) in [6.07, 6.45) is 6.37. The molecule has 0 aromatic rings. The summed E-state index contributed by atoms with van der Waals surface area (Å²) in [5, 5.41) is 10.4. The summed E-state index contributed by atoms with van der Waals surface area (Å²) in [6, 6.07) is 0. The molecule has 0 unspecified atom stereocenters. The van der Waals surface area contributed by atoms with E-state index >= 15 is 0 Å². The van der Waals surface area contributed by atoms with Crippen LogP contribution in [0.2, 0.25) is 0 Å². The first-order valence-electron chi connectivity index (χ1n) is 4.03. The molecule has 5 heteroatoms. The molecule has 0 aromatic carbocycles. The minimum Gasteiger partial charge on any atom is -0.497 e. The van der Waals surface area contributed by atoms with Crippen LogP contribution in [0.15, 0.2) is 29.1 Å². The van der Waals surface area contributed by atoms with E-state index in [1.54, 1.807) is 25.3 Å². The third-order valence-corrected chi connectivity index (χ3v) is 2.58. The van der Waals surface area contributed by atoms with Crippen LogP contribution in [0, 0.1) is 5.92 Å². The predicted molar refractivity (Wildman–Crippen MR) is 53.6 cm³/mol. The fraction of sp³-hybridized carbons (Fsp3) is 0.444. The monoisotopic (exact) mass is 217 g/mol. The van der Waals surface area contributed by atoms with E-state index in [1.807, 2.05) is 0 Å². The van der Waals surface area contributed by atoms with E-state index in [9.17, 15) is 0 Å². The number of ether oxygens (including phenoxy) is 2. The Kier molecular flexibility index (Phi) is 3.55. The van der Waals surface area contributed by atoms with Crippen molar-refractivity contribution in [2.75, 3.05) is 14.2 Å². The van der Waals surface area contributed by atoms with Gasteiger partial charge >= 0.3 is 0 Å². The molecular formula is C9H12ClNO3. The molecule has 0 aromatic heterocycles. The first-order valence-corrected chi connectivity index (χ1v) is 4.40. The quantitative estimate of drug-likeness (QED) is 0.339. The molecule has 0 radical (unpaired) electrons. The Bertz CT molecular complexity index is 288. The van der Waals surface area contributed by atoms with Gasteiger partial charge < -0.3 is 14.7 Å². The zero-order chi connectivity index (χ0) is 10.6. The van der Waals surface area contributed by atoms with E-state index in [-0.39, 0.29) is 5.92 Å². The van der Waals surface area contributed by atoms with Gasteiger partial charge in [-0.1, -0.05) is 11.6 Å². The molecule has 0 saturated heterocycles. The summed E-state index contributed by atoms with van der Waals surface area (Å²) in [5.41, 5.74) is 0. The third-order valence-electron chi connectivity index (χ3n) is 2.05. The van der Waals surface area contributed by atoms with Gasteiger partial charge in [-0.3, -0.25) is 0 Å². The minimum atomic E-state index is -1.01. The summed E-state index contributed by atoms with van der Waals surface area (Å²) in [5.74, 6) is 0.294. The van der Waals surface area contributed by atoms with Gasteiger partial charge in [0.1, 0.15) is 5.76 Å². The summed E-state index contributed by atoms with van der Waals surface area (Å²) in [7, 11) is 3.04. The zero-order valence-electron chi connectivity index (χ0n) is 7.98. The van der Waals surface area contributed by atoms with Gasteiger partial charge in [-0.05, 0) is 18.2 Å². The Labute approximate surface area is 87.4 Å². The largest absolute Gasteiger partial charge is 0.497 e. The van der Waals surface area contributed by atoms with E-state index in [2.05, 4.69) is 5.16 Å². The fourth-order valence-electron chi connectivity index (χ4n) is 1.21. The second kappa shape index (κ2) is 4.48. The van der Waals surface area contributed by atoms with E-state index in [0.29, 0.717) is 5.76 Å². The van der Waals surface area contributed by atoms with Crippen molar-refractivity contribution < 1.29 is 14.7 Å². The van der Waals surface area contributed by atoms with Gasteiger partial charge in [0, 0.05) is 7.11 Å². The third kappa shape index (κ3) is 2.08. The minimum absolute atomic E-state index is 0.362. The van der Waals surface area contributed by atoms with Crippen molar-refractivity contribution in [2.45, 2.75) is 5.06 Å². The molecule has 0 bridgehead atoms. The van der Waals surface area contributed by atoms with Crippen molar-refractivity contribution in [3.05, 3.63) is 24.0 Å². The van der Waals surface area contributed by atoms with Gasteiger partial charge in [0.2, 0.25) is 0 Å². The Morgan fingerprint density at radius 1 is 1.64 bits per heavy atom. The van der Waals surface area contributed by atoms with Crippen LogP contribution < -0.4 is 0 Å². The number of allylic oxidation sites excluding steroid dienone is 1. The van der Waals surface area contributed by atoms with Gasteiger partial charge in [-0.25, -0.2) is 0 Å². The van der Waals surface area contributed by atoms with Crippen LogP contribution in [-0.2, 0) is 9.47 Å². The highest BCUT2D eigenvalue weighted by molar-refractivity contribution is 6.25. The first-order chi connectivity index (χ1) is 6.66. The first kappa shape index (κ1) is 11.1. The van der Waals surface area contributed by atoms with Crippen molar-refractivity contribution in [1.29, 1.82) is 0 Å². The van der Waals surface area contributed by atoms with E-state index < -0.39 is 5.06 Å². The van der Waals surface area contributed by atoms with Gasteiger partial charge in [-0.15, -0.1) is 5.16 Å². The van der Waals surface area contributed by atoms with Crippen LogP contribution in [0.25, 0.3) is 0 Å². The van der Waals surface area contributed by atoms with Crippen molar-refractivity contribution in [3.63, 3.8) is 0 Å². The fourth-order valence-corrected chi connectivity index (χ4v) is 1.39. The molecule has 1 aliphatic rings. The lowest BCUT2D eigenvalue weighted by molar-refractivity contribution is 0.0856. The van der Waals surface area contributed by atoms with Crippen LogP contribution >= 0.6 is 11.6 Å². The Balaban J connectivity index is 2.94. The van der Waals surface area contributed by atoms with Crippen LogP contribution in [0.3, 0.4) is 0 Å². The zero-order valence-corrected chi connectivity index (χ0v) is 8.73. The van der Waals surface area contributed by atoms with E-state index in [1.165, 1.54) is 13.3 Å². The summed E-state index contributed by atoms with van der Waals surface area (Å²) >= 11 is 6.12. The lowest BCUT2D eigenvalue weighted by Gasteiger charge is -2.29. The number of halogens is 1. The number of alkyl halides is 1. The van der Waals surface area contributed by atoms with Crippen molar-refractivity contribution in [3.8, 4) is 0 Å². The maximum Gasteiger partial charge on any atom is 0.171 e. The molecule has 0 saturated carbocycles. The molecule has 0 spiro atoms. The Morgan fingerprint density at radius 3 is 2.86 bits per heavy atom. The van der Waals surface area contributed by atoms with Gasteiger partial charge in [0.25, 0.3) is 0 Å². The highest BCUT2D eigenvalue weighted by atomic mass is 35.5. The normalized spacial score (nSPS) is 31.9. The average molecular weight is 218 g/mol. The molecule has 1 N–H and O–H groups in total. The lowest BCUT2D eigenvalue weighted by Crippen LogP contribution is -2.34.